The number of aryl methyl sites for hydroxylation is 1. The SMILES string of the molecule is Cc1cc2c(s1)Nc1ccccc1N=C2N1CCNC(COCc2ccccc2)C1. The molecule has 5 nitrogen and oxygen atoms in total. The van der Waals surface area contributed by atoms with E-state index in [1.165, 1.54) is 21.0 Å². The van der Waals surface area contributed by atoms with Crippen LogP contribution in [0.25, 0.3) is 0 Å². The highest BCUT2D eigenvalue weighted by Crippen LogP contribution is 2.39. The number of fused-ring (bicyclic) bond motifs is 2. The Morgan fingerprint density at radius 2 is 1.97 bits per heavy atom. The van der Waals surface area contributed by atoms with Crippen molar-refractivity contribution in [2.45, 2.75) is 19.6 Å². The molecule has 1 unspecified atom stereocenters. The number of thiophene rings is 1. The maximum Gasteiger partial charge on any atom is 0.139 e. The average molecular weight is 419 g/mol. The Morgan fingerprint density at radius 1 is 1.13 bits per heavy atom. The number of para-hydroxylation sites is 2. The van der Waals surface area contributed by atoms with Crippen LogP contribution in [0, 0.1) is 6.92 Å². The Kier molecular flexibility index (Phi) is 5.53. The molecule has 2 aliphatic rings. The summed E-state index contributed by atoms with van der Waals surface area (Å²) in [6.07, 6.45) is 0. The van der Waals surface area contributed by atoms with Gasteiger partial charge in [-0.3, -0.25) is 0 Å². The van der Waals surface area contributed by atoms with Crippen molar-refractivity contribution in [3.05, 3.63) is 76.7 Å². The summed E-state index contributed by atoms with van der Waals surface area (Å²) in [5.41, 5.74) is 4.45. The van der Waals surface area contributed by atoms with Crippen molar-refractivity contribution in [2.24, 2.45) is 4.99 Å². The number of nitrogens with one attached hydrogen (secondary N) is 2. The van der Waals surface area contributed by atoms with E-state index in [0.717, 1.165) is 36.8 Å². The first-order valence-corrected chi connectivity index (χ1v) is 11.2. The van der Waals surface area contributed by atoms with Crippen molar-refractivity contribution >= 4 is 33.5 Å². The minimum atomic E-state index is 0.278. The third kappa shape index (κ3) is 4.12. The fourth-order valence-corrected chi connectivity index (χ4v) is 4.93. The molecule has 3 heterocycles. The van der Waals surface area contributed by atoms with Gasteiger partial charge in [0.2, 0.25) is 0 Å². The highest BCUT2D eigenvalue weighted by Gasteiger charge is 2.27. The summed E-state index contributed by atoms with van der Waals surface area (Å²) < 4.78 is 6.01. The fourth-order valence-electron chi connectivity index (χ4n) is 4.01. The van der Waals surface area contributed by atoms with Gasteiger partial charge in [0.25, 0.3) is 0 Å². The molecule has 2 aliphatic heterocycles. The number of amidine groups is 1. The van der Waals surface area contributed by atoms with E-state index in [1.54, 1.807) is 11.3 Å². The first-order chi connectivity index (χ1) is 14.8. The maximum atomic E-state index is 6.01. The molecule has 30 heavy (non-hydrogen) atoms. The summed E-state index contributed by atoms with van der Waals surface area (Å²) in [5, 5.41) is 8.37. The molecule has 154 valence electrons. The molecule has 1 aromatic heterocycles. The summed E-state index contributed by atoms with van der Waals surface area (Å²) >= 11 is 1.79. The lowest BCUT2D eigenvalue weighted by molar-refractivity contribution is 0.0840. The molecule has 1 saturated heterocycles. The zero-order chi connectivity index (χ0) is 20.3. The van der Waals surface area contributed by atoms with E-state index in [9.17, 15) is 0 Å². The monoisotopic (exact) mass is 418 g/mol. The summed E-state index contributed by atoms with van der Waals surface area (Å²) in [5.74, 6) is 1.06. The quantitative estimate of drug-likeness (QED) is 0.646. The molecule has 0 radical (unpaired) electrons. The molecule has 2 aromatic carbocycles. The molecule has 0 saturated carbocycles. The second-order valence-electron chi connectivity index (χ2n) is 7.78. The lowest BCUT2D eigenvalue weighted by atomic mass is 10.1. The van der Waals surface area contributed by atoms with Gasteiger partial charge in [-0.1, -0.05) is 42.5 Å². The molecular weight excluding hydrogens is 392 g/mol. The second kappa shape index (κ2) is 8.60. The van der Waals surface area contributed by atoms with E-state index in [2.05, 4.69) is 71.0 Å². The van der Waals surface area contributed by atoms with Gasteiger partial charge in [-0.2, -0.15) is 0 Å². The number of nitrogens with zero attached hydrogens (tertiary/aromatic N) is 2. The van der Waals surface area contributed by atoms with Crippen LogP contribution in [0.5, 0.6) is 0 Å². The first kappa shape index (κ1) is 19.3. The molecule has 1 atom stereocenters. The number of rotatable bonds is 4. The standard InChI is InChI=1S/C24H26N4OS/c1-17-13-20-23(26-21-9-5-6-10-22(21)27-24(20)30-17)28-12-11-25-19(14-28)16-29-15-18-7-3-2-4-8-18/h2-10,13,19,25,27H,11-12,14-16H2,1H3. The van der Waals surface area contributed by atoms with Crippen molar-refractivity contribution < 1.29 is 4.74 Å². The van der Waals surface area contributed by atoms with Gasteiger partial charge in [-0.05, 0) is 30.7 Å². The Hall–Kier alpha value is -2.67. The number of hydrogen-bond donors (Lipinski definition) is 2. The zero-order valence-corrected chi connectivity index (χ0v) is 17.9. The fraction of sp³-hybridized carbons (Fsp3) is 0.292. The largest absolute Gasteiger partial charge is 0.375 e. The van der Waals surface area contributed by atoms with Crippen LogP contribution < -0.4 is 10.6 Å². The highest BCUT2D eigenvalue weighted by atomic mass is 32.1. The molecule has 1 fully saturated rings. The second-order valence-corrected chi connectivity index (χ2v) is 9.03. The number of hydrogen-bond acceptors (Lipinski definition) is 6. The van der Waals surface area contributed by atoms with Crippen LogP contribution in [-0.2, 0) is 11.3 Å². The topological polar surface area (TPSA) is 48.9 Å². The maximum absolute atomic E-state index is 6.01. The van der Waals surface area contributed by atoms with Crippen LogP contribution in [0.4, 0.5) is 16.4 Å². The van der Waals surface area contributed by atoms with Gasteiger partial charge in [0.15, 0.2) is 0 Å². The Labute approximate surface area is 181 Å². The van der Waals surface area contributed by atoms with E-state index < -0.39 is 0 Å². The summed E-state index contributed by atoms with van der Waals surface area (Å²) in [4.78, 5) is 8.79. The molecule has 3 aromatic rings. The Balaban J connectivity index is 1.34. The minimum absolute atomic E-state index is 0.278. The highest BCUT2D eigenvalue weighted by molar-refractivity contribution is 7.16. The Bertz CT molecular complexity index is 1050. The van der Waals surface area contributed by atoms with Gasteiger partial charge >= 0.3 is 0 Å². The molecule has 0 amide bonds. The minimum Gasteiger partial charge on any atom is -0.375 e. The number of benzene rings is 2. The zero-order valence-electron chi connectivity index (χ0n) is 17.1. The molecule has 6 heteroatoms. The van der Waals surface area contributed by atoms with Crippen molar-refractivity contribution in [3.63, 3.8) is 0 Å². The van der Waals surface area contributed by atoms with Crippen molar-refractivity contribution in [1.82, 2.24) is 10.2 Å². The van der Waals surface area contributed by atoms with Crippen molar-refractivity contribution in [3.8, 4) is 0 Å². The molecular formula is C24H26N4OS. The van der Waals surface area contributed by atoms with Crippen LogP contribution in [0.15, 0.2) is 65.7 Å². The Morgan fingerprint density at radius 3 is 2.87 bits per heavy atom. The summed E-state index contributed by atoms with van der Waals surface area (Å²) in [6.45, 7) is 6.22. The first-order valence-electron chi connectivity index (χ1n) is 10.4. The molecule has 0 spiro atoms. The predicted octanol–water partition coefficient (Wildman–Crippen LogP) is 4.68. The van der Waals surface area contributed by atoms with Gasteiger partial charge in [-0.25, -0.2) is 4.99 Å². The number of aliphatic imine (C=N–C) groups is 1. The van der Waals surface area contributed by atoms with E-state index >= 15 is 0 Å². The predicted molar refractivity (Wildman–Crippen MR) is 124 cm³/mol. The van der Waals surface area contributed by atoms with Crippen LogP contribution in [-0.4, -0.2) is 43.0 Å². The van der Waals surface area contributed by atoms with Gasteiger partial charge in [0, 0.05) is 30.6 Å². The van der Waals surface area contributed by atoms with Gasteiger partial charge in [0.05, 0.1) is 30.2 Å². The van der Waals surface area contributed by atoms with E-state index in [4.69, 9.17) is 9.73 Å². The summed E-state index contributed by atoms with van der Waals surface area (Å²) in [7, 11) is 0. The summed E-state index contributed by atoms with van der Waals surface area (Å²) in [6, 6.07) is 21.1. The van der Waals surface area contributed by atoms with E-state index in [-0.39, 0.29) is 6.04 Å². The third-order valence-electron chi connectivity index (χ3n) is 5.46. The lowest BCUT2D eigenvalue weighted by Gasteiger charge is -2.35. The average Bonchev–Trinajstić information content (AvgIpc) is 3.06. The van der Waals surface area contributed by atoms with E-state index in [0.29, 0.717) is 13.2 Å². The lowest BCUT2D eigenvalue weighted by Crippen LogP contribution is -2.54. The third-order valence-corrected chi connectivity index (χ3v) is 6.43. The normalized spacial score (nSPS) is 18.1. The van der Waals surface area contributed by atoms with Gasteiger partial charge in [0.1, 0.15) is 10.8 Å². The van der Waals surface area contributed by atoms with Crippen LogP contribution >= 0.6 is 11.3 Å². The van der Waals surface area contributed by atoms with E-state index in [1.807, 2.05) is 12.1 Å². The molecule has 0 bridgehead atoms. The molecule has 2 N–H and O–H groups in total. The van der Waals surface area contributed by atoms with Crippen molar-refractivity contribution in [1.29, 1.82) is 0 Å². The number of ether oxygens (including phenoxy) is 1. The van der Waals surface area contributed by atoms with Gasteiger partial charge < -0.3 is 20.3 Å². The molecule has 0 aliphatic carbocycles. The van der Waals surface area contributed by atoms with Crippen LogP contribution in [0.1, 0.15) is 16.0 Å². The number of anilines is 2. The molecule has 5 rings (SSSR count). The smallest absolute Gasteiger partial charge is 0.139 e. The van der Waals surface area contributed by atoms with Gasteiger partial charge in [-0.15, -0.1) is 11.3 Å². The number of piperazine rings is 1. The van der Waals surface area contributed by atoms with Crippen molar-refractivity contribution in [2.75, 3.05) is 31.6 Å². The van der Waals surface area contributed by atoms with Crippen LogP contribution in [0.3, 0.4) is 0 Å². The van der Waals surface area contributed by atoms with Crippen LogP contribution in [0.2, 0.25) is 0 Å².